The Labute approximate surface area is 106 Å². The molecule has 16 heavy (non-hydrogen) atoms. The topological polar surface area (TPSA) is 63.8 Å². The molecule has 0 aliphatic carbocycles. The van der Waals surface area contributed by atoms with Crippen molar-refractivity contribution in [1.82, 2.24) is 9.97 Å². The Hall–Kier alpha value is -0.740. The van der Waals surface area contributed by atoms with Gasteiger partial charge in [-0.1, -0.05) is 32.4 Å². The van der Waals surface area contributed by atoms with Gasteiger partial charge in [0, 0.05) is 11.9 Å². The third-order valence-electron chi connectivity index (χ3n) is 2.27. The molecule has 0 saturated heterocycles. The van der Waals surface area contributed by atoms with Crippen molar-refractivity contribution >= 4 is 35.0 Å². The van der Waals surface area contributed by atoms with Gasteiger partial charge in [0.2, 0.25) is 5.95 Å². The van der Waals surface area contributed by atoms with Crippen molar-refractivity contribution in [1.29, 1.82) is 0 Å². The number of nitrogens with one attached hydrogen (secondary N) is 1. The predicted octanol–water partition coefficient (Wildman–Crippen LogP) is 2.78. The summed E-state index contributed by atoms with van der Waals surface area (Å²) in [6, 6.07) is 0.0565. The molecule has 0 bridgehead atoms. The summed E-state index contributed by atoms with van der Waals surface area (Å²) in [4.78, 5) is 7.84. The number of anilines is 2. The maximum absolute atomic E-state index is 5.96. The minimum atomic E-state index is 0.00475. The maximum atomic E-state index is 5.96. The number of aromatic nitrogens is 2. The minimum Gasteiger partial charge on any atom is -0.368 e. The van der Waals surface area contributed by atoms with Gasteiger partial charge in [0.05, 0.1) is 6.20 Å². The molecule has 0 fully saturated rings. The number of rotatable bonds is 3. The summed E-state index contributed by atoms with van der Waals surface area (Å²) in [5.74, 6) is 1.17. The van der Waals surface area contributed by atoms with Crippen LogP contribution < -0.4 is 11.1 Å². The van der Waals surface area contributed by atoms with Crippen LogP contribution in [0.2, 0.25) is 5.02 Å². The van der Waals surface area contributed by atoms with Crippen molar-refractivity contribution in [3.63, 3.8) is 0 Å². The fourth-order valence-electron chi connectivity index (χ4n) is 1.13. The lowest BCUT2D eigenvalue weighted by Crippen LogP contribution is -2.36. The van der Waals surface area contributed by atoms with E-state index in [0.29, 0.717) is 16.7 Å². The summed E-state index contributed by atoms with van der Waals surface area (Å²) in [5.41, 5.74) is 5.50. The van der Waals surface area contributed by atoms with Crippen LogP contribution in [0.4, 0.5) is 11.8 Å². The fraction of sp³-hybridized carbons (Fsp3) is 0.600. The molecule has 4 nitrogen and oxygen atoms in total. The third-order valence-corrected chi connectivity index (χ3v) is 2.86. The van der Waals surface area contributed by atoms with E-state index in [1.807, 2.05) is 0 Å². The highest BCUT2D eigenvalue weighted by Crippen LogP contribution is 2.26. The van der Waals surface area contributed by atoms with E-state index in [0.717, 1.165) is 0 Å². The van der Waals surface area contributed by atoms with Gasteiger partial charge in [0.1, 0.15) is 5.02 Å². The van der Waals surface area contributed by atoms with Crippen LogP contribution in [-0.2, 0) is 0 Å². The van der Waals surface area contributed by atoms with Gasteiger partial charge in [-0.3, -0.25) is 0 Å². The van der Waals surface area contributed by atoms with Crippen LogP contribution in [0, 0.1) is 5.41 Å². The minimum absolute atomic E-state index is 0.00475. The summed E-state index contributed by atoms with van der Waals surface area (Å²) in [7, 11) is 0. The van der Waals surface area contributed by atoms with Crippen molar-refractivity contribution in [2.24, 2.45) is 5.41 Å². The van der Waals surface area contributed by atoms with E-state index in [1.165, 1.54) is 6.20 Å². The van der Waals surface area contributed by atoms with Crippen LogP contribution >= 0.6 is 23.2 Å². The molecule has 1 aromatic heterocycles. The van der Waals surface area contributed by atoms with Crippen LogP contribution in [0.25, 0.3) is 0 Å². The van der Waals surface area contributed by atoms with E-state index in [2.05, 4.69) is 36.1 Å². The Bertz CT molecular complexity index is 362. The number of alkyl halides is 1. The van der Waals surface area contributed by atoms with Gasteiger partial charge in [0.25, 0.3) is 0 Å². The van der Waals surface area contributed by atoms with Crippen LogP contribution in [0.1, 0.15) is 20.8 Å². The molecule has 1 unspecified atom stereocenters. The monoisotopic (exact) mass is 262 g/mol. The number of hydrogen-bond acceptors (Lipinski definition) is 4. The highest BCUT2D eigenvalue weighted by molar-refractivity contribution is 6.32. The molecule has 0 aliphatic rings. The molecule has 1 rings (SSSR count). The van der Waals surface area contributed by atoms with Crippen molar-refractivity contribution < 1.29 is 0 Å². The largest absolute Gasteiger partial charge is 0.368 e. The van der Waals surface area contributed by atoms with Crippen molar-refractivity contribution in [3.8, 4) is 0 Å². The Morgan fingerprint density at radius 1 is 1.50 bits per heavy atom. The molecule has 0 radical (unpaired) electrons. The Kier molecular flexibility index (Phi) is 4.21. The molecule has 1 atom stereocenters. The molecule has 0 aromatic carbocycles. The first-order valence-electron chi connectivity index (χ1n) is 4.95. The van der Waals surface area contributed by atoms with Crippen LogP contribution in [0.3, 0.4) is 0 Å². The van der Waals surface area contributed by atoms with Gasteiger partial charge in [-0.2, -0.15) is 4.98 Å². The second-order valence-electron chi connectivity index (χ2n) is 4.64. The molecule has 90 valence electrons. The van der Waals surface area contributed by atoms with Crippen LogP contribution in [0.15, 0.2) is 6.20 Å². The number of nitrogen functional groups attached to an aromatic ring is 1. The Morgan fingerprint density at radius 2 is 2.12 bits per heavy atom. The predicted molar refractivity (Wildman–Crippen MR) is 69.0 cm³/mol. The molecule has 3 N–H and O–H groups in total. The second kappa shape index (κ2) is 5.06. The first-order valence-corrected chi connectivity index (χ1v) is 5.86. The molecular formula is C10H16Cl2N4. The highest BCUT2D eigenvalue weighted by atomic mass is 35.5. The van der Waals surface area contributed by atoms with E-state index in [4.69, 9.17) is 28.9 Å². The van der Waals surface area contributed by atoms with Gasteiger partial charge in [-0.15, -0.1) is 11.6 Å². The second-order valence-corrected chi connectivity index (χ2v) is 5.36. The Balaban J connectivity index is 2.90. The number of halogens is 2. The van der Waals surface area contributed by atoms with E-state index in [1.54, 1.807) is 0 Å². The lowest BCUT2D eigenvalue weighted by Gasteiger charge is -2.30. The third kappa shape index (κ3) is 3.39. The van der Waals surface area contributed by atoms with Gasteiger partial charge in [-0.25, -0.2) is 4.98 Å². The average Bonchev–Trinajstić information content (AvgIpc) is 2.17. The van der Waals surface area contributed by atoms with Gasteiger partial charge in [-0.05, 0) is 5.41 Å². The van der Waals surface area contributed by atoms with Gasteiger partial charge in [0.15, 0.2) is 5.82 Å². The zero-order valence-corrected chi connectivity index (χ0v) is 11.1. The summed E-state index contributed by atoms with van der Waals surface area (Å²) >= 11 is 11.9. The quantitative estimate of drug-likeness (QED) is 0.823. The first-order chi connectivity index (χ1) is 7.34. The van der Waals surface area contributed by atoms with Crippen LogP contribution in [-0.4, -0.2) is 21.9 Å². The molecule has 1 aromatic rings. The standard InChI is InChI=1S/C10H16Cl2N4/c1-10(2,3)7(4-11)15-8-6(12)5-14-9(13)16-8/h5,7H,4H2,1-3H3,(H3,13,14,15,16). The maximum Gasteiger partial charge on any atom is 0.222 e. The highest BCUT2D eigenvalue weighted by Gasteiger charge is 2.24. The average molecular weight is 263 g/mol. The molecular weight excluding hydrogens is 247 g/mol. The van der Waals surface area contributed by atoms with Crippen LogP contribution in [0.5, 0.6) is 0 Å². The molecule has 6 heteroatoms. The van der Waals surface area contributed by atoms with E-state index in [-0.39, 0.29) is 17.4 Å². The zero-order valence-electron chi connectivity index (χ0n) is 9.59. The van der Waals surface area contributed by atoms with Crippen molar-refractivity contribution in [2.45, 2.75) is 26.8 Å². The molecule has 0 amide bonds. The van der Waals surface area contributed by atoms with Gasteiger partial charge >= 0.3 is 0 Å². The van der Waals surface area contributed by atoms with Gasteiger partial charge < -0.3 is 11.1 Å². The summed E-state index contributed by atoms with van der Waals surface area (Å²) in [6.07, 6.45) is 1.47. The smallest absolute Gasteiger partial charge is 0.222 e. The lowest BCUT2D eigenvalue weighted by molar-refractivity contribution is 0.361. The summed E-state index contributed by atoms with van der Waals surface area (Å²) < 4.78 is 0. The number of nitrogens with zero attached hydrogens (tertiary/aromatic N) is 2. The van der Waals surface area contributed by atoms with Crippen molar-refractivity contribution in [2.75, 3.05) is 16.9 Å². The fourth-order valence-corrected chi connectivity index (χ4v) is 1.82. The lowest BCUT2D eigenvalue weighted by atomic mass is 9.88. The molecule has 0 saturated carbocycles. The zero-order chi connectivity index (χ0) is 12.3. The molecule has 0 aliphatic heterocycles. The molecule has 1 heterocycles. The summed E-state index contributed by atoms with van der Waals surface area (Å²) in [6.45, 7) is 6.27. The van der Waals surface area contributed by atoms with E-state index < -0.39 is 0 Å². The molecule has 0 spiro atoms. The van der Waals surface area contributed by atoms with E-state index >= 15 is 0 Å². The number of nitrogens with two attached hydrogens (primary N) is 1. The summed E-state index contributed by atoms with van der Waals surface area (Å²) in [5, 5.41) is 3.62. The first kappa shape index (κ1) is 13.3. The normalized spacial score (nSPS) is 13.6. The van der Waals surface area contributed by atoms with Crippen molar-refractivity contribution in [3.05, 3.63) is 11.2 Å². The Morgan fingerprint density at radius 3 is 2.62 bits per heavy atom. The van der Waals surface area contributed by atoms with E-state index in [9.17, 15) is 0 Å². The SMILES string of the molecule is CC(C)(C)C(CCl)Nc1nc(N)ncc1Cl. The number of hydrogen-bond donors (Lipinski definition) is 2.